The number of aromatic nitrogens is 2. The summed E-state index contributed by atoms with van der Waals surface area (Å²) in [5, 5.41) is 11.6. The molecule has 0 atom stereocenters. The van der Waals surface area contributed by atoms with Gasteiger partial charge in [0, 0.05) is 36.3 Å². The fourth-order valence-corrected chi connectivity index (χ4v) is 3.78. The Balaban J connectivity index is 1.73. The second kappa shape index (κ2) is 6.46. The van der Waals surface area contributed by atoms with Crippen LogP contribution in [0, 0.1) is 0 Å². The van der Waals surface area contributed by atoms with E-state index in [0.29, 0.717) is 6.04 Å². The van der Waals surface area contributed by atoms with Crippen LogP contribution in [-0.4, -0.2) is 29.4 Å². The number of nitrogens with one attached hydrogen (secondary N) is 2. The first-order chi connectivity index (χ1) is 12.0. The molecular formula is C18H21F3N4. The van der Waals surface area contributed by atoms with E-state index in [0.717, 1.165) is 74.4 Å². The molecule has 4 rings (SSSR count). The molecular weight excluding hydrogens is 329 g/mol. The van der Waals surface area contributed by atoms with Gasteiger partial charge in [0.05, 0.1) is 17.3 Å². The van der Waals surface area contributed by atoms with Gasteiger partial charge in [0.2, 0.25) is 0 Å². The molecule has 0 radical (unpaired) electrons. The van der Waals surface area contributed by atoms with Gasteiger partial charge in [0.1, 0.15) is 0 Å². The summed E-state index contributed by atoms with van der Waals surface area (Å²) < 4.78 is 40.6. The summed E-state index contributed by atoms with van der Waals surface area (Å²) in [6, 6.07) is 5.72. The zero-order valence-electron chi connectivity index (χ0n) is 13.9. The van der Waals surface area contributed by atoms with Crippen molar-refractivity contribution in [2.45, 2.75) is 38.0 Å². The smallest absolute Gasteiger partial charge is 0.317 e. The third-order valence-corrected chi connectivity index (χ3v) is 5.10. The van der Waals surface area contributed by atoms with Crippen molar-refractivity contribution in [3.63, 3.8) is 0 Å². The van der Waals surface area contributed by atoms with Crippen molar-refractivity contribution in [2.75, 3.05) is 19.6 Å². The molecule has 0 spiro atoms. The fourth-order valence-electron chi connectivity index (χ4n) is 3.78. The Morgan fingerprint density at radius 2 is 1.72 bits per heavy atom. The van der Waals surface area contributed by atoms with Gasteiger partial charge in [-0.25, -0.2) is 0 Å². The van der Waals surface area contributed by atoms with Crippen molar-refractivity contribution < 1.29 is 13.2 Å². The molecule has 0 amide bonds. The van der Waals surface area contributed by atoms with E-state index in [-0.39, 0.29) is 0 Å². The van der Waals surface area contributed by atoms with E-state index in [4.69, 9.17) is 5.10 Å². The van der Waals surface area contributed by atoms with Crippen LogP contribution in [0.1, 0.15) is 35.7 Å². The second-order valence-electron chi connectivity index (χ2n) is 6.70. The van der Waals surface area contributed by atoms with Gasteiger partial charge in [-0.15, -0.1) is 0 Å². The molecule has 2 N–H and O–H groups in total. The van der Waals surface area contributed by atoms with Crippen LogP contribution in [0.25, 0.3) is 11.3 Å². The molecule has 2 aliphatic rings. The highest BCUT2D eigenvalue weighted by atomic mass is 19.4. The van der Waals surface area contributed by atoms with Crippen LogP contribution < -0.4 is 10.6 Å². The molecule has 1 fully saturated rings. The highest BCUT2D eigenvalue weighted by Crippen LogP contribution is 2.34. The predicted molar refractivity (Wildman–Crippen MR) is 89.2 cm³/mol. The number of rotatable bonds is 2. The van der Waals surface area contributed by atoms with Gasteiger partial charge in [0.15, 0.2) is 0 Å². The Morgan fingerprint density at radius 1 is 1.00 bits per heavy atom. The lowest BCUT2D eigenvalue weighted by molar-refractivity contribution is -0.137. The van der Waals surface area contributed by atoms with E-state index in [1.807, 2.05) is 0 Å². The third-order valence-electron chi connectivity index (χ3n) is 5.10. The number of halogens is 3. The molecule has 0 aliphatic carbocycles. The van der Waals surface area contributed by atoms with Crippen LogP contribution in [0.4, 0.5) is 13.2 Å². The van der Waals surface area contributed by atoms with E-state index >= 15 is 0 Å². The molecule has 1 aromatic carbocycles. The van der Waals surface area contributed by atoms with E-state index in [2.05, 4.69) is 15.3 Å². The van der Waals surface area contributed by atoms with Gasteiger partial charge < -0.3 is 10.6 Å². The quantitative estimate of drug-likeness (QED) is 0.874. The number of alkyl halides is 3. The zero-order valence-corrected chi connectivity index (χ0v) is 13.9. The minimum Gasteiger partial charge on any atom is -0.317 e. The van der Waals surface area contributed by atoms with Gasteiger partial charge in [-0.3, -0.25) is 4.68 Å². The molecule has 25 heavy (non-hydrogen) atoms. The lowest BCUT2D eigenvalue weighted by Gasteiger charge is -2.26. The highest BCUT2D eigenvalue weighted by molar-refractivity contribution is 5.65. The van der Waals surface area contributed by atoms with Crippen LogP contribution in [0.3, 0.4) is 0 Å². The molecule has 1 saturated heterocycles. The molecule has 0 saturated carbocycles. The van der Waals surface area contributed by atoms with E-state index in [1.54, 1.807) is 0 Å². The van der Waals surface area contributed by atoms with Crippen LogP contribution in [0.15, 0.2) is 24.3 Å². The maximum atomic E-state index is 12.8. The Labute approximate surface area is 144 Å². The summed E-state index contributed by atoms with van der Waals surface area (Å²) in [6.45, 7) is 3.59. The monoisotopic (exact) mass is 350 g/mol. The van der Waals surface area contributed by atoms with E-state index in [1.165, 1.54) is 17.8 Å². The van der Waals surface area contributed by atoms with Gasteiger partial charge in [-0.2, -0.15) is 18.3 Å². The number of nitrogens with zero attached hydrogens (tertiary/aromatic N) is 2. The summed E-state index contributed by atoms with van der Waals surface area (Å²) in [5.41, 5.74) is 3.31. The summed E-state index contributed by atoms with van der Waals surface area (Å²) in [5.74, 6) is 0. The molecule has 0 unspecified atom stereocenters. The number of hydrogen-bond donors (Lipinski definition) is 2. The standard InChI is InChI=1S/C18H21F3N4/c19-18(20,21)13-3-1-12(2-4-13)17-15-11-23-10-7-16(15)25(24-17)14-5-8-22-9-6-14/h1-4,14,22-23H,5-11H2. The first-order valence-corrected chi connectivity index (χ1v) is 8.73. The van der Waals surface area contributed by atoms with Crippen molar-refractivity contribution in [3.05, 3.63) is 41.1 Å². The maximum absolute atomic E-state index is 12.8. The molecule has 3 heterocycles. The largest absolute Gasteiger partial charge is 0.416 e. The summed E-state index contributed by atoms with van der Waals surface area (Å²) >= 11 is 0. The molecule has 4 nitrogen and oxygen atoms in total. The van der Waals surface area contributed by atoms with Crippen molar-refractivity contribution in [3.8, 4) is 11.3 Å². The van der Waals surface area contributed by atoms with Crippen molar-refractivity contribution in [2.24, 2.45) is 0 Å². The first kappa shape index (κ1) is 16.6. The minimum absolute atomic E-state index is 0.372. The summed E-state index contributed by atoms with van der Waals surface area (Å²) in [4.78, 5) is 0. The van der Waals surface area contributed by atoms with Crippen LogP contribution in [0.2, 0.25) is 0 Å². The van der Waals surface area contributed by atoms with Crippen LogP contribution in [-0.2, 0) is 19.1 Å². The lowest BCUT2D eigenvalue weighted by Crippen LogP contribution is -2.32. The molecule has 2 aliphatic heterocycles. The number of piperidine rings is 1. The molecule has 0 bridgehead atoms. The second-order valence-corrected chi connectivity index (χ2v) is 6.70. The lowest BCUT2D eigenvalue weighted by atomic mass is 10.00. The summed E-state index contributed by atoms with van der Waals surface area (Å²) in [6.07, 6.45) is -1.33. The highest BCUT2D eigenvalue weighted by Gasteiger charge is 2.31. The Hall–Kier alpha value is -1.86. The normalized spacial score (nSPS) is 19.0. The predicted octanol–water partition coefficient (Wildman–Crippen LogP) is 3.14. The van der Waals surface area contributed by atoms with Gasteiger partial charge in [-0.05, 0) is 38.1 Å². The summed E-state index contributed by atoms with van der Waals surface area (Å²) in [7, 11) is 0. The Morgan fingerprint density at radius 3 is 2.40 bits per heavy atom. The Bertz CT molecular complexity index is 743. The van der Waals surface area contributed by atoms with E-state index < -0.39 is 11.7 Å². The number of hydrogen-bond acceptors (Lipinski definition) is 3. The third kappa shape index (κ3) is 3.18. The van der Waals surface area contributed by atoms with Gasteiger partial charge in [0.25, 0.3) is 0 Å². The average molecular weight is 350 g/mol. The SMILES string of the molecule is FC(F)(F)c1ccc(-c2nn(C3CCNCC3)c3c2CNCC3)cc1. The van der Waals surface area contributed by atoms with E-state index in [9.17, 15) is 13.2 Å². The molecule has 2 aromatic rings. The minimum atomic E-state index is -4.31. The molecule has 134 valence electrons. The van der Waals surface area contributed by atoms with Crippen LogP contribution >= 0.6 is 0 Å². The number of benzene rings is 1. The average Bonchev–Trinajstić information content (AvgIpc) is 3.02. The molecule has 7 heteroatoms. The van der Waals surface area contributed by atoms with Crippen LogP contribution in [0.5, 0.6) is 0 Å². The fraction of sp³-hybridized carbons (Fsp3) is 0.500. The maximum Gasteiger partial charge on any atom is 0.416 e. The topological polar surface area (TPSA) is 41.9 Å². The van der Waals surface area contributed by atoms with Crippen molar-refractivity contribution >= 4 is 0 Å². The van der Waals surface area contributed by atoms with Gasteiger partial charge in [-0.1, -0.05) is 12.1 Å². The van der Waals surface area contributed by atoms with Crippen molar-refractivity contribution in [1.82, 2.24) is 20.4 Å². The van der Waals surface area contributed by atoms with Crippen molar-refractivity contribution in [1.29, 1.82) is 0 Å². The zero-order chi connectivity index (χ0) is 17.4. The first-order valence-electron chi connectivity index (χ1n) is 8.73. The number of fused-ring (bicyclic) bond motifs is 1. The molecule has 1 aromatic heterocycles. The van der Waals surface area contributed by atoms with Gasteiger partial charge >= 0.3 is 6.18 Å². The Kier molecular flexibility index (Phi) is 4.29.